The zero-order valence-electron chi connectivity index (χ0n) is 12.9. The molecule has 0 bridgehead atoms. The van der Waals surface area contributed by atoms with Crippen molar-refractivity contribution in [3.63, 3.8) is 0 Å². The molecule has 5 nitrogen and oxygen atoms in total. The van der Waals surface area contributed by atoms with Crippen LogP contribution in [0.15, 0.2) is 4.99 Å². The van der Waals surface area contributed by atoms with Crippen molar-refractivity contribution in [1.29, 1.82) is 0 Å². The lowest BCUT2D eigenvalue weighted by Gasteiger charge is -2.31. The fourth-order valence-corrected chi connectivity index (χ4v) is 2.88. The fourth-order valence-electron chi connectivity index (χ4n) is 2.88. The molecule has 0 radical (unpaired) electrons. The third kappa shape index (κ3) is 4.39. The first-order valence-electron chi connectivity index (χ1n) is 7.93. The number of carbonyl (C=O) groups is 1. The average molecular weight is 280 g/mol. The highest BCUT2D eigenvalue weighted by Crippen LogP contribution is 2.18. The Hall–Kier alpha value is -1.26. The van der Waals surface area contributed by atoms with E-state index in [4.69, 9.17) is 0 Å². The Morgan fingerprint density at radius 1 is 1.15 bits per heavy atom. The summed E-state index contributed by atoms with van der Waals surface area (Å²) in [4.78, 5) is 20.2. The van der Waals surface area contributed by atoms with Crippen LogP contribution in [0.4, 0.5) is 0 Å². The van der Waals surface area contributed by atoms with Crippen molar-refractivity contribution in [1.82, 2.24) is 15.1 Å². The van der Waals surface area contributed by atoms with Crippen LogP contribution in [-0.4, -0.2) is 61.4 Å². The Bertz CT molecular complexity index is 342. The molecule has 1 aliphatic heterocycles. The lowest BCUT2D eigenvalue weighted by molar-refractivity contribution is -0.127. The van der Waals surface area contributed by atoms with Crippen LogP contribution in [0, 0.1) is 0 Å². The van der Waals surface area contributed by atoms with Gasteiger partial charge in [-0.15, -0.1) is 0 Å². The number of hydrogen-bond acceptors (Lipinski definition) is 2. The molecule has 1 aliphatic carbocycles. The van der Waals surface area contributed by atoms with Gasteiger partial charge in [0.2, 0.25) is 5.91 Å². The Balaban J connectivity index is 1.97. The van der Waals surface area contributed by atoms with E-state index in [1.807, 2.05) is 0 Å². The third-order valence-corrected chi connectivity index (χ3v) is 4.21. The number of nitrogens with zero attached hydrogens (tertiary/aromatic N) is 3. The van der Waals surface area contributed by atoms with Crippen molar-refractivity contribution in [2.24, 2.45) is 4.99 Å². The van der Waals surface area contributed by atoms with E-state index in [0.29, 0.717) is 6.04 Å². The number of likely N-dealkylation sites (N-methyl/N-ethyl adjacent to an activating group) is 1. The lowest BCUT2D eigenvalue weighted by Crippen LogP contribution is -2.47. The van der Waals surface area contributed by atoms with E-state index in [-0.39, 0.29) is 12.5 Å². The van der Waals surface area contributed by atoms with E-state index >= 15 is 0 Å². The number of hydrogen-bond donors (Lipinski definition) is 1. The molecule has 1 N–H and O–H groups in total. The molecule has 0 aromatic rings. The van der Waals surface area contributed by atoms with Gasteiger partial charge in [-0.2, -0.15) is 0 Å². The summed E-state index contributed by atoms with van der Waals surface area (Å²) in [6.07, 6.45) is 8.84. The minimum atomic E-state index is 0.0627. The lowest BCUT2D eigenvalue weighted by atomic mass is 10.1. The molecule has 0 aromatic carbocycles. The van der Waals surface area contributed by atoms with Crippen LogP contribution < -0.4 is 5.32 Å². The molecule has 0 atom stereocenters. The Kier molecular flexibility index (Phi) is 5.68. The van der Waals surface area contributed by atoms with Crippen molar-refractivity contribution in [3.05, 3.63) is 0 Å². The summed E-state index contributed by atoms with van der Waals surface area (Å²) in [6.45, 7) is 2.38. The first-order chi connectivity index (χ1) is 9.66. The number of aliphatic imine (C=N–C) groups is 1. The van der Waals surface area contributed by atoms with E-state index in [1.54, 1.807) is 19.0 Å². The Morgan fingerprint density at radius 2 is 1.80 bits per heavy atom. The summed E-state index contributed by atoms with van der Waals surface area (Å²) in [5.41, 5.74) is 0. The molecule has 1 heterocycles. The van der Waals surface area contributed by atoms with Crippen molar-refractivity contribution < 1.29 is 4.79 Å². The van der Waals surface area contributed by atoms with E-state index in [0.717, 1.165) is 19.0 Å². The molecule has 0 unspecified atom stereocenters. The quantitative estimate of drug-likeness (QED) is 0.629. The highest BCUT2D eigenvalue weighted by molar-refractivity contribution is 5.85. The second kappa shape index (κ2) is 7.50. The largest absolute Gasteiger partial charge is 0.353 e. The second-order valence-electron chi connectivity index (χ2n) is 6.10. The zero-order valence-corrected chi connectivity index (χ0v) is 12.9. The second-order valence-corrected chi connectivity index (χ2v) is 6.10. The molecular formula is C15H28N4O. The molecule has 0 spiro atoms. The SMILES string of the molecule is CN(C)C(=O)CN=C(NC1CCCC1)N1CCCCC1. The number of nitrogens with one attached hydrogen (secondary N) is 1. The predicted octanol–water partition coefficient (Wildman–Crippen LogP) is 1.45. The number of amides is 1. The van der Waals surface area contributed by atoms with Gasteiger partial charge >= 0.3 is 0 Å². The Labute approximate surface area is 122 Å². The van der Waals surface area contributed by atoms with Crippen LogP contribution in [-0.2, 0) is 4.79 Å². The summed E-state index contributed by atoms with van der Waals surface area (Å²) in [6, 6.07) is 0.546. The van der Waals surface area contributed by atoms with Crippen molar-refractivity contribution in [2.75, 3.05) is 33.7 Å². The van der Waals surface area contributed by atoms with Crippen LogP contribution in [0.25, 0.3) is 0 Å². The van der Waals surface area contributed by atoms with Gasteiger partial charge < -0.3 is 15.1 Å². The van der Waals surface area contributed by atoms with Gasteiger partial charge in [-0.05, 0) is 32.1 Å². The van der Waals surface area contributed by atoms with Gasteiger partial charge in [-0.1, -0.05) is 12.8 Å². The van der Waals surface area contributed by atoms with E-state index in [2.05, 4.69) is 15.2 Å². The maximum atomic E-state index is 11.7. The fraction of sp³-hybridized carbons (Fsp3) is 0.867. The van der Waals surface area contributed by atoms with E-state index in [9.17, 15) is 4.79 Å². The molecule has 1 saturated carbocycles. The van der Waals surface area contributed by atoms with Crippen LogP contribution in [0.1, 0.15) is 44.9 Å². The molecule has 5 heteroatoms. The van der Waals surface area contributed by atoms with Gasteiger partial charge in [0.25, 0.3) is 0 Å². The van der Waals surface area contributed by atoms with Gasteiger partial charge in [-0.25, -0.2) is 4.99 Å². The van der Waals surface area contributed by atoms with Gasteiger partial charge in [0.15, 0.2) is 5.96 Å². The normalized spacial score (nSPS) is 21.1. The van der Waals surface area contributed by atoms with E-state index < -0.39 is 0 Å². The number of likely N-dealkylation sites (tertiary alicyclic amines) is 1. The number of carbonyl (C=O) groups excluding carboxylic acids is 1. The number of guanidine groups is 1. The summed E-state index contributed by atoms with van der Waals surface area (Å²) in [5.74, 6) is 1.01. The summed E-state index contributed by atoms with van der Waals surface area (Å²) < 4.78 is 0. The molecular weight excluding hydrogens is 252 g/mol. The standard InChI is InChI=1S/C15H28N4O/c1-18(2)14(20)12-16-15(17-13-8-4-5-9-13)19-10-6-3-7-11-19/h13H,3-12H2,1-2H3,(H,16,17). The summed E-state index contributed by atoms with van der Waals surface area (Å²) in [5, 5.41) is 3.59. The summed E-state index contributed by atoms with van der Waals surface area (Å²) in [7, 11) is 3.56. The van der Waals surface area contributed by atoms with Crippen LogP contribution in [0.2, 0.25) is 0 Å². The van der Waals surface area contributed by atoms with Crippen molar-refractivity contribution >= 4 is 11.9 Å². The van der Waals surface area contributed by atoms with E-state index in [1.165, 1.54) is 44.9 Å². The highest BCUT2D eigenvalue weighted by Gasteiger charge is 2.21. The Morgan fingerprint density at radius 3 is 2.40 bits per heavy atom. The maximum Gasteiger partial charge on any atom is 0.243 e. The van der Waals surface area contributed by atoms with Crippen molar-refractivity contribution in [2.45, 2.75) is 51.0 Å². The number of piperidine rings is 1. The van der Waals surface area contributed by atoms with Crippen LogP contribution in [0.3, 0.4) is 0 Å². The molecule has 1 saturated heterocycles. The van der Waals surface area contributed by atoms with Gasteiger partial charge in [0, 0.05) is 33.2 Å². The molecule has 20 heavy (non-hydrogen) atoms. The average Bonchev–Trinajstić information content (AvgIpc) is 2.96. The minimum absolute atomic E-state index is 0.0627. The van der Waals surface area contributed by atoms with Gasteiger partial charge in [-0.3, -0.25) is 4.79 Å². The van der Waals surface area contributed by atoms with Gasteiger partial charge in [0.05, 0.1) is 0 Å². The molecule has 1 amide bonds. The monoisotopic (exact) mass is 280 g/mol. The van der Waals surface area contributed by atoms with Crippen LogP contribution >= 0.6 is 0 Å². The van der Waals surface area contributed by atoms with Crippen LogP contribution in [0.5, 0.6) is 0 Å². The zero-order chi connectivity index (χ0) is 14.4. The third-order valence-electron chi connectivity index (χ3n) is 4.21. The topological polar surface area (TPSA) is 47.9 Å². The summed E-state index contributed by atoms with van der Waals surface area (Å²) >= 11 is 0. The first kappa shape index (κ1) is 15.1. The smallest absolute Gasteiger partial charge is 0.243 e. The molecule has 114 valence electrons. The minimum Gasteiger partial charge on any atom is -0.353 e. The number of rotatable bonds is 3. The highest BCUT2D eigenvalue weighted by atomic mass is 16.2. The molecule has 2 rings (SSSR count). The molecule has 2 aliphatic rings. The predicted molar refractivity (Wildman–Crippen MR) is 81.8 cm³/mol. The maximum absolute atomic E-state index is 11.7. The molecule has 2 fully saturated rings. The first-order valence-corrected chi connectivity index (χ1v) is 7.93. The molecule has 0 aromatic heterocycles. The van der Waals surface area contributed by atoms with Gasteiger partial charge in [0.1, 0.15) is 6.54 Å². The van der Waals surface area contributed by atoms with Crippen molar-refractivity contribution in [3.8, 4) is 0 Å².